The van der Waals surface area contributed by atoms with Crippen molar-refractivity contribution in [3.8, 4) is 11.4 Å². The van der Waals surface area contributed by atoms with E-state index in [1.807, 2.05) is 48.5 Å². The van der Waals surface area contributed by atoms with E-state index in [0.29, 0.717) is 30.4 Å². The van der Waals surface area contributed by atoms with Gasteiger partial charge in [0.2, 0.25) is 0 Å². The van der Waals surface area contributed by atoms with Crippen LogP contribution in [0.5, 0.6) is 5.75 Å². The summed E-state index contributed by atoms with van der Waals surface area (Å²) in [7, 11) is 3.23. The van der Waals surface area contributed by atoms with Crippen LogP contribution in [0.2, 0.25) is 0 Å². The molecule has 0 aliphatic carbocycles. The number of aryl methyl sites for hydroxylation is 1. The second kappa shape index (κ2) is 8.44. The summed E-state index contributed by atoms with van der Waals surface area (Å²) in [6, 6.07) is 16.6. The first-order chi connectivity index (χ1) is 14.6. The molecule has 8 nitrogen and oxygen atoms in total. The Morgan fingerprint density at radius 1 is 1.13 bits per heavy atom. The third-order valence-corrected chi connectivity index (χ3v) is 5.39. The number of benzene rings is 2. The molecule has 1 unspecified atom stereocenters. The first kappa shape index (κ1) is 19.8. The second-order valence-electron chi connectivity index (χ2n) is 7.35. The van der Waals surface area contributed by atoms with Crippen LogP contribution in [0, 0.1) is 0 Å². The van der Waals surface area contributed by atoms with E-state index >= 15 is 0 Å². The Hall–Kier alpha value is -3.55. The Morgan fingerprint density at radius 2 is 1.87 bits per heavy atom. The molecule has 8 heteroatoms. The molecule has 2 amide bonds. The van der Waals surface area contributed by atoms with E-state index in [4.69, 9.17) is 4.74 Å². The van der Waals surface area contributed by atoms with E-state index in [2.05, 4.69) is 10.4 Å². The fourth-order valence-corrected chi connectivity index (χ4v) is 3.88. The zero-order valence-electron chi connectivity index (χ0n) is 17.1. The Bertz CT molecular complexity index is 1090. The molecule has 156 valence electrons. The molecule has 0 saturated carbocycles. The number of hydrogen-bond acceptors (Lipinski definition) is 4. The zero-order valence-corrected chi connectivity index (χ0v) is 17.1. The van der Waals surface area contributed by atoms with Gasteiger partial charge in [-0.3, -0.25) is 0 Å². The molecule has 2 heterocycles. The first-order valence-electron chi connectivity index (χ1n) is 9.99. The lowest BCUT2D eigenvalue weighted by Crippen LogP contribution is -2.42. The number of urea groups is 1. The highest BCUT2D eigenvalue weighted by Gasteiger charge is 2.30. The molecule has 4 rings (SSSR count). The molecule has 1 fully saturated rings. The topological polar surface area (TPSA) is 81.4 Å². The van der Waals surface area contributed by atoms with Crippen LogP contribution in [0.15, 0.2) is 59.4 Å². The molecule has 0 radical (unpaired) electrons. The number of anilines is 1. The summed E-state index contributed by atoms with van der Waals surface area (Å²) in [4.78, 5) is 27.4. The van der Waals surface area contributed by atoms with Crippen molar-refractivity contribution >= 4 is 11.7 Å². The van der Waals surface area contributed by atoms with Crippen LogP contribution >= 0.6 is 0 Å². The predicted molar refractivity (Wildman–Crippen MR) is 114 cm³/mol. The van der Waals surface area contributed by atoms with Crippen molar-refractivity contribution in [2.45, 2.75) is 18.8 Å². The molecule has 2 aromatic carbocycles. The minimum Gasteiger partial charge on any atom is -0.495 e. The first-order valence-corrected chi connectivity index (χ1v) is 9.99. The van der Waals surface area contributed by atoms with Gasteiger partial charge in [0.25, 0.3) is 0 Å². The summed E-state index contributed by atoms with van der Waals surface area (Å²) in [5, 5.41) is 7.44. The average Bonchev–Trinajstić information content (AvgIpc) is 3.09. The number of hydrogen-bond donors (Lipinski definition) is 1. The average molecular weight is 407 g/mol. The van der Waals surface area contributed by atoms with Crippen molar-refractivity contribution in [1.29, 1.82) is 0 Å². The van der Waals surface area contributed by atoms with Crippen LogP contribution < -0.4 is 15.7 Å². The number of piperidine rings is 1. The van der Waals surface area contributed by atoms with Gasteiger partial charge in [-0.1, -0.05) is 30.3 Å². The van der Waals surface area contributed by atoms with E-state index in [9.17, 15) is 9.59 Å². The van der Waals surface area contributed by atoms with E-state index in [-0.39, 0.29) is 17.6 Å². The van der Waals surface area contributed by atoms with Crippen molar-refractivity contribution in [3.05, 3.63) is 70.9 Å². The van der Waals surface area contributed by atoms with E-state index in [1.165, 1.54) is 4.68 Å². The lowest BCUT2D eigenvalue weighted by atomic mass is 9.97. The lowest BCUT2D eigenvalue weighted by Gasteiger charge is -2.32. The predicted octanol–water partition coefficient (Wildman–Crippen LogP) is 2.99. The summed E-state index contributed by atoms with van der Waals surface area (Å²) < 4.78 is 8.32. The molecule has 1 aliphatic rings. The largest absolute Gasteiger partial charge is 0.495 e. The summed E-state index contributed by atoms with van der Waals surface area (Å²) in [6.07, 6.45) is 1.70. The number of amides is 2. The number of carbonyl (C=O) groups excluding carboxylic acids is 1. The maximum absolute atomic E-state index is 12.9. The molecule has 1 saturated heterocycles. The zero-order chi connectivity index (χ0) is 21.1. The SMILES string of the molecule is COc1ccccc1NC(=O)N1CCCC(c2nn(C)c(=O)n2-c2ccccc2)C1. The second-order valence-corrected chi connectivity index (χ2v) is 7.35. The van der Waals surface area contributed by atoms with Gasteiger partial charge in [-0.2, -0.15) is 5.10 Å². The van der Waals surface area contributed by atoms with Crippen LogP contribution in [0.1, 0.15) is 24.6 Å². The molecule has 1 atom stereocenters. The molecular formula is C22H25N5O3. The number of carbonyl (C=O) groups is 1. The molecular weight excluding hydrogens is 382 g/mol. The number of likely N-dealkylation sites (tertiary alicyclic amines) is 1. The molecule has 1 N–H and O–H groups in total. The summed E-state index contributed by atoms with van der Waals surface area (Å²) in [6.45, 7) is 1.14. The number of ether oxygens (including phenoxy) is 1. The number of aromatic nitrogens is 3. The number of nitrogens with zero attached hydrogens (tertiary/aromatic N) is 4. The highest BCUT2D eigenvalue weighted by atomic mass is 16.5. The highest BCUT2D eigenvalue weighted by Crippen LogP contribution is 2.28. The van der Waals surface area contributed by atoms with Gasteiger partial charge in [-0.15, -0.1) is 0 Å². The van der Waals surface area contributed by atoms with Gasteiger partial charge in [0.1, 0.15) is 11.6 Å². The number of rotatable bonds is 4. The van der Waals surface area contributed by atoms with Crippen molar-refractivity contribution in [2.24, 2.45) is 7.05 Å². The number of nitrogens with one attached hydrogen (secondary N) is 1. The molecule has 1 aromatic heterocycles. The van der Waals surface area contributed by atoms with Crippen LogP contribution in [0.4, 0.5) is 10.5 Å². The van der Waals surface area contributed by atoms with Crippen molar-refractivity contribution in [2.75, 3.05) is 25.5 Å². The van der Waals surface area contributed by atoms with Crippen molar-refractivity contribution in [1.82, 2.24) is 19.2 Å². The van der Waals surface area contributed by atoms with Crippen LogP contribution in [0.3, 0.4) is 0 Å². The van der Waals surface area contributed by atoms with Crippen molar-refractivity contribution in [3.63, 3.8) is 0 Å². The maximum Gasteiger partial charge on any atom is 0.350 e. The van der Waals surface area contributed by atoms with Crippen LogP contribution in [-0.2, 0) is 7.05 Å². The molecule has 3 aromatic rings. The van der Waals surface area contributed by atoms with Gasteiger partial charge >= 0.3 is 11.7 Å². The van der Waals surface area contributed by atoms with Gasteiger partial charge in [0.05, 0.1) is 18.5 Å². The van der Waals surface area contributed by atoms with Crippen molar-refractivity contribution < 1.29 is 9.53 Å². The quantitative estimate of drug-likeness (QED) is 0.721. The molecule has 1 aliphatic heterocycles. The molecule has 30 heavy (non-hydrogen) atoms. The van der Waals surface area contributed by atoms with Gasteiger partial charge in [-0.25, -0.2) is 18.8 Å². The highest BCUT2D eigenvalue weighted by molar-refractivity contribution is 5.91. The minimum absolute atomic E-state index is 0.0312. The van der Waals surface area contributed by atoms with Gasteiger partial charge in [0.15, 0.2) is 0 Å². The third kappa shape index (κ3) is 3.80. The van der Waals surface area contributed by atoms with Gasteiger partial charge in [0, 0.05) is 26.1 Å². The number of methoxy groups -OCH3 is 1. The van der Waals surface area contributed by atoms with Crippen LogP contribution in [0.25, 0.3) is 5.69 Å². The Balaban J connectivity index is 1.57. The summed E-state index contributed by atoms with van der Waals surface area (Å²) >= 11 is 0. The van der Waals surface area contributed by atoms with Gasteiger partial charge < -0.3 is 15.0 Å². The Morgan fingerprint density at radius 3 is 2.63 bits per heavy atom. The van der Waals surface area contributed by atoms with E-state index in [1.54, 1.807) is 29.7 Å². The summed E-state index contributed by atoms with van der Waals surface area (Å²) in [5.41, 5.74) is 1.22. The molecule has 0 bridgehead atoms. The Labute approximate surface area is 174 Å². The van der Waals surface area contributed by atoms with E-state index in [0.717, 1.165) is 18.5 Å². The van der Waals surface area contributed by atoms with Gasteiger partial charge in [-0.05, 0) is 37.1 Å². The maximum atomic E-state index is 12.9. The monoisotopic (exact) mass is 407 g/mol. The third-order valence-electron chi connectivity index (χ3n) is 5.39. The minimum atomic E-state index is -0.188. The standard InChI is InChI=1S/C22H25N5O3/c1-25-22(29)27(17-10-4-3-5-11-17)20(24-25)16-9-8-14-26(15-16)21(28)23-18-12-6-7-13-19(18)30-2/h3-7,10-13,16H,8-9,14-15H2,1-2H3,(H,23,28). The smallest absolute Gasteiger partial charge is 0.350 e. The number of para-hydroxylation sites is 3. The Kier molecular flexibility index (Phi) is 5.56. The fourth-order valence-electron chi connectivity index (χ4n) is 3.88. The summed E-state index contributed by atoms with van der Waals surface area (Å²) in [5.74, 6) is 1.27. The van der Waals surface area contributed by atoms with Crippen LogP contribution in [-0.4, -0.2) is 45.5 Å². The molecule has 0 spiro atoms. The normalized spacial score (nSPS) is 16.3. The fraction of sp³-hybridized carbons (Fsp3) is 0.318. The van der Waals surface area contributed by atoms with E-state index < -0.39 is 0 Å². The lowest BCUT2D eigenvalue weighted by molar-refractivity contribution is 0.191.